The van der Waals surface area contributed by atoms with E-state index in [2.05, 4.69) is 5.32 Å². The SMILES string of the molecule is CC(=O)NCC1CCCS1(=O)=O. The molecule has 5 heteroatoms. The van der Waals surface area contributed by atoms with Crippen molar-refractivity contribution in [1.29, 1.82) is 0 Å². The van der Waals surface area contributed by atoms with E-state index in [1.165, 1.54) is 6.92 Å². The molecule has 0 spiro atoms. The van der Waals surface area contributed by atoms with Gasteiger partial charge in [-0.15, -0.1) is 0 Å². The Morgan fingerprint density at radius 2 is 2.25 bits per heavy atom. The summed E-state index contributed by atoms with van der Waals surface area (Å²) in [7, 11) is -2.90. The van der Waals surface area contributed by atoms with Gasteiger partial charge in [-0.05, 0) is 12.8 Å². The van der Waals surface area contributed by atoms with E-state index in [4.69, 9.17) is 0 Å². The number of carbonyl (C=O) groups excluding carboxylic acids is 1. The molecular formula is C7H13NO3S. The van der Waals surface area contributed by atoms with Crippen LogP contribution in [0.3, 0.4) is 0 Å². The topological polar surface area (TPSA) is 63.2 Å². The zero-order valence-electron chi connectivity index (χ0n) is 7.04. The van der Waals surface area contributed by atoms with Gasteiger partial charge < -0.3 is 5.32 Å². The smallest absolute Gasteiger partial charge is 0.216 e. The molecule has 1 atom stereocenters. The zero-order valence-corrected chi connectivity index (χ0v) is 7.86. The molecule has 1 heterocycles. The highest BCUT2D eigenvalue weighted by Crippen LogP contribution is 2.18. The quantitative estimate of drug-likeness (QED) is 0.651. The maximum atomic E-state index is 11.2. The highest BCUT2D eigenvalue weighted by Gasteiger charge is 2.30. The Labute approximate surface area is 72.3 Å². The van der Waals surface area contributed by atoms with Crippen LogP contribution in [0.2, 0.25) is 0 Å². The lowest BCUT2D eigenvalue weighted by Gasteiger charge is -2.08. The Kier molecular flexibility index (Phi) is 2.72. The second-order valence-corrected chi connectivity index (χ2v) is 5.47. The van der Waals surface area contributed by atoms with Gasteiger partial charge >= 0.3 is 0 Å². The van der Waals surface area contributed by atoms with Crippen LogP contribution in [0, 0.1) is 0 Å². The predicted octanol–water partition coefficient (Wildman–Crippen LogP) is -0.300. The lowest BCUT2D eigenvalue weighted by atomic mass is 10.2. The van der Waals surface area contributed by atoms with E-state index < -0.39 is 9.84 Å². The Morgan fingerprint density at radius 3 is 2.67 bits per heavy atom. The number of nitrogens with one attached hydrogen (secondary N) is 1. The van der Waals surface area contributed by atoms with E-state index in [9.17, 15) is 13.2 Å². The van der Waals surface area contributed by atoms with Gasteiger partial charge in [0.25, 0.3) is 0 Å². The minimum absolute atomic E-state index is 0.169. The standard InChI is InChI=1S/C7H13NO3S/c1-6(9)8-5-7-3-2-4-12(7,10)11/h7H,2-5H2,1H3,(H,8,9). The maximum Gasteiger partial charge on any atom is 0.216 e. The van der Waals surface area contributed by atoms with E-state index >= 15 is 0 Å². The van der Waals surface area contributed by atoms with Crippen molar-refractivity contribution in [2.45, 2.75) is 25.0 Å². The van der Waals surface area contributed by atoms with Crippen molar-refractivity contribution in [2.75, 3.05) is 12.3 Å². The molecule has 70 valence electrons. The van der Waals surface area contributed by atoms with Crippen LogP contribution in [0.15, 0.2) is 0 Å². The Balaban J connectivity index is 2.48. The molecule has 1 rings (SSSR count). The maximum absolute atomic E-state index is 11.2. The summed E-state index contributed by atoms with van der Waals surface area (Å²) in [5.74, 6) is 0.106. The average molecular weight is 191 g/mol. The number of sulfone groups is 1. The number of hydrogen-bond donors (Lipinski definition) is 1. The third-order valence-corrected chi connectivity index (χ3v) is 4.32. The van der Waals surface area contributed by atoms with Crippen LogP contribution in [0.25, 0.3) is 0 Å². The molecule has 0 aromatic carbocycles. The molecule has 12 heavy (non-hydrogen) atoms. The van der Waals surface area contributed by atoms with Gasteiger partial charge in [0.2, 0.25) is 5.91 Å². The first-order valence-corrected chi connectivity index (χ1v) is 5.70. The molecule has 0 saturated carbocycles. The first kappa shape index (κ1) is 9.51. The highest BCUT2D eigenvalue weighted by atomic mass is 32.2. The number of carbonyl (C=O) groups is 1. The first-order chi connectivity index (χ1) is 5.52. The second kappa shape index (κ2) is 3.43. The molecule has 0 radical (unpaired) electrons. The zero-order chi connectivity index (χ0) is 9.19. The van der Waals surface area contributed by atoms with E-state index in [1.807, 2.05) is 0 Å². The summed E-state index contributed by atoms with van der Waals surface area (Å²) >= 11 is 0. The van der Waals surface area contributed by atoms with Crippen molar-refractivity contribution >= 4 is 15.7 Å². The second-order valence-electron chi connectivity index (χ2n) is 3.07. The van der Waals surface area contributed by atoms with Gasteiger partial charge in [-0.3, -0.25) is 4.79 Å². The minimum Gasteiger partial charge on any atom is -0.355 e. The molecule has 1 N–H and O–H groups in total. The average Bonchev–Trinajstić information content (AvgIpc) is 2.25. The fourth-order valence-electron chi connectivity index (χ4n) is 1.35. The van der Waals surface area contributed by atoms with Crippen LogP contribution in [0.5, 0.6) is 0 Å². The largest absolute Gasteiger partial charge is 0.355 e. The van der Waals surface area contributed by atoms with Crippen LogP contribution < -0.4 is 5.32 Å². The summed E-state index contributed by atoms with van der Waals surface area (Å²) < 4.78 is 22.4. The third kappa shape index (κ3) is 2.20. The number of hydrogen-bond acceptors (Lipinski definition) is 3. The fraction of sp³-hybridized carbons (Fsp3) is 0.857. The van der Waals surface area contributed by atoms with Crippen molar-refractivity contribution in [3.63, 3.8) is 0 Å². The summed E-state index contributed by atoms with van der Waals surface area (Å²) in [6, 6.07) is 0. The Hall–Kier alpha value is -0.580. The summed E-state index contributed by atoms with van der Waals surface area (Å²) in [6.07, 6.45) is 1.41. The molecule has 4 nitrogen and oxygen atoms in total. The van der Waals surface area contributed by atoms with Gasteiger partial charge in [0.15, 0.2) is 9.84 Å². The van der Waals surface area contributed by atoms with Gasteiger partial charge in [-0.25, -0.2) is 8.42 Å². The summed E-state index contributed by atoms with van der Waals surface area (Å²) in [5, 5.41) is 2.18. The molecule has 0 bridgehead atoms. The van der Waals surface area contributed by atoms with Crippen LogP contribution in [0.4, 0.5) is 0 Å². The Morgan fingerprint density at radius 1 is 1.58 bits per heavy atom. The summed E-state index contributed by atoms with van der Waals surface area (Å²) in [6.45, 7) is 1.67. The van der Waals surface area contributed by atoms with Crippen molar-refractivity contribution in [3.05, 3.63) is 0 Å². The molecule has 0 aromatic heterocycles. The third-order valence-electron chi connectivity index (χ3n) is 2.04. The lowest BCUT2D eigenvalue weighted by molar-refractivity contribution is -0.118. The van der Waals surface area contributed by atoms with Gasteiger partial charge in [0.05, 0.1) is 11.0 Å². The van der Waals surface area contributed by atoms with Gasteiger partial charge in [0.1, 0.15) is 0 Å². The molecule has 0 aromatic rings. The molecule has 1 amide bonds. The minimum atomic E-state index is -2.90. The number of rotatable bonds is 2. The molecule has 1 saturated heterocycles. The van der Waals surface area contributed by atoms with Crippen LogP contribution in [0.1, 0.15) is 19.8 Å². The molecule has 1 unspecified atom stereocenters. The van der Waals surface area contributed by atoms with Crippen LogP contribution in [-0.4, -0.2) is 31.9 Å². The van der Waals surface area contributed by atoms with E-state index in [1.54, 1.807) is 0 Å². The predicted molar refractivity (Wildman–Crippen MR) is 45.5 cm³/mol. The van der Waals surface area contributed by atoms with Gasteiger partial charge in [-0.1, -0.05) is 0 Å². The fourth-order valence-corrected chi connectivity index (χ4v) is 3.11. The highest BCUT2D eigenvalue weighted by molar-refractivity contribution is 7.92. The normalized spacial score (nSPS) is 26.9. The Bertz CT molecular complexity index is 270. The van der Waals surface area contributed by atoms with Crippen LogP contribution >= 0.6 is 0 Å². The van der Waals surface area contributed by atoms with Crippen molar-refractivity contribution in [2.24, 2.45) is 0 Å². The van der Waals surface area contributed by atoms with Gasteiger partial charge in [0, 0.05) is 13.5 Å². The van der Waals surface area contributed by atoms with E-state index in [-0.39, 0.29) is 23.5 Å². The monoisotopic (exact) mass is 191 g/mol. The van der Waals surface area contributed by atoms with Crippen LogP contribution in [-0.2, 0) is 14.6 Å². The molecule has 0 aliphatic carbocycles. The van der Waals surface area contributed by atoms with E-state index in [0.717, 1.165) is 6.42 Å². The summed E-state index contributed by atoms with van der Waals surface area (Å²) in [4.78, 5) is 10.5. The molecule has 1 aliphatic rings. The van der Waals surface area contributed by atoms with Crippen molar-refractivity contribution in [3.8, 4) is 0 Å². The van der Waals surface area contributed by atoms with E-state index in [0.29, 0.717) is 6.42 Å². The molecule has 1 aliphatic heterocycles. The van der Waals surface area contributed by atoms with Gasteiger partial charge in [-0.2, -0.15) is 0 Å². The number of amides is 1. The van der Waals surface area contributed by atoms with Crippen molar-refractivity contribution < 1.29 is 13.2 Å². The van der Waals surface area contributed by atoms with Crippen molar-refractivity contribution in [1.82, 2.24) is 5.32 Å². The first-order valence-electron chi connectivity index (χ1n) is 3.98. The molecule has 1 fully saturated rings. The molecular weight excluding hydrogens is 178 g/mol. The lowest BCUT2D eigenvalue weighted by Crippen LogP contribution is -2.33. The summed E-state index contributed by atoms with van der Waals surface area (Å²) in [5.41, 5.74) is 0.